The molecule has 5 nitrogen and oxygen atoms in total. The molecule has 2 saturated carbocycles. The lowest BCUT2D eigenvalue weighted by Crippen LogP contribution is -2.59. The molecule has 1 N–H and O–H groups in total. The van der Waals surface area contributed by atoms with Gasteiger partial charge in [-0.3, -0.25) is 9.59 Å². The number of hydrogen-bond acceptors (Lipinski definition) is 4. The number of rotatable bonds is 9. The Hall–Kier alpha value is -1.73. The van der Waals surface area contributed by atoms with Gasteiger partial charge in [0.05, 0.1) is 10.6 Å². The van der Waals surface area contributed by atoms with E-state index >= 15 is 8.78 Å². The minimum atomic E-state index is -3.40. The van der Waals surface area contributed by atoms with Gasteiger partial charge in [0.15, 0.2) is 11.4 Å². The standard InChI is InChI=1S/C31H45ClF2N2O3/c1-21(37)31(39,29(2)16-17-29)30(33,34)15-12-22-6-5-7-23(9-8-22)24-13-18-36(19-14-24)25-10-11-26(27(32)20-25)28(38)35(3)4/h10-11,20,22-24,39H,5-9,12-19H2,1-4H3. The van der Waals surface area contributed by atoms with Gasteiger partial charge in [0.25, 0.3) is 11.8 Å². The molecular weight excluding hydrogens is 522 g/mol. The Labute approximate surface area is 237 Å². The number of hydrogen-bond donors (Lipinski definition) is 1. The third-order valence-corrected chi connectivity index (χ3v) is 10.4. The molecular formula is C31H45ClF2N2O3. The zero-order valence-electron chi connectivity index (χ0n) is 23.9. The topological polar surface area (TPSA) is 60.9 Å². The molecule has 39 heavy (non-hydrogen) atoms. The van der Waals surface area contributed by atoms with Gasteiger partial charge in [-0.2, -0.15) is 0 Å². The molecule has 3 atom stereocenters. The molecule has 218 valence electrons. The summed E-state index contributed by atoms with van der Waals surface area (Å²) in [5.74, 6) is -2.85. The molecule has 8 heteroatoms. The van der Waals surface area contributed by atoms with E-state index < -0.39 is 29.1 Å². The van der Waals surface area contributed by atoms with Gasteiger partial charge in [-0.25, -0.2) is 8.78 Å². The van der Waals surface area contributed by atoms with Crippen LogP contribution in [0.25, 0.3) is 0 Å². The quantitative estimate of drug-likeness (QED) is 0.327. The lowest BCUT2D eigenvalue weighted by molar-refractivity contribution is -0.213. The molecule has 0 bridgehead atoms. The monoisotopic (exact) mass is 566 g/mol. The van der Waals surface area contributed by atoms with Gasteiger partial charge in [0, 0.05) is 44.7 Å². The number of piperidine rings is 1. The number of halogens is 3. The third-order valence-electron chi connectivity index (χ3n) is 10.1. The Morgan fingerprint density at radius 2 is 1.72 bits per heavy atom. The number of anilines is 1. The second kappa shape index (κ2) is 11.6. The van der Waals surface area contributed by atoms with Gasteiger partial charge in [-0.1, -0.05) is 44.2 Å². The van der Waals surface area contributed by atoms with Crippen LogP contribution in [0.1, 0.15) is 94.8 Å². The number of benzene rings is 1. The van der Waals surface area contributed by atoms with Crippen molar-refractivity contribution in [1.82, 2.24) is 4.90 Å². The highest BCUT2D eigenvalue weighted by atomic mass is 35.5. The van der Waals surface area contributed by atoms with E-state index in [0.717, 1.165) is 70.6 Å². The first-order chi connectivity index (χ1) is 18.3. The molecule has 0 spiro atoms. The average Bonchev–Trinajstić information content (AvgIpc) is 3.69. The van der Waals surface area contributed by atoms with Gasteiger partial charge in [-0.05, 0) is 81.4 Å². The molecule has 0 aromatic heterocycles. The predicted molar refractivity (Wildman–Crippen MR) is 152 cm³/mol. The van der Waals surface area contributed by atoms with Gasteiger partial charge >= 0.3 is 0 Å². The van der Waals surface area contributed by atoms with Crippen LogP contribution in [0.2, 0.25) is 5.02 Å². The number of carbonyl (C=O) groups is 2. The van der Waals surface area contributed by atoms with Crippen molar-refractivity contribution in [3.05, 3.63) is 28.8 Å². The zero-order chi connectivity index (χ0) is 28.6. The van der Waals surface area contributed by atoms with Crippen LogP contribution in [0.15, 0.2) is 18.2 Å². The van der Waals surface area contributed by atoms with Crippen molar-refractivity contribution < 1.29 is 23.5 Å². The molecule has 1 heterocycles. The summed E-state index contributed by atoms with van der Waals surface area (Å²) in [5.41, 5.74) is -1.99. The second-order valence-electron chi connectivity index (χ2n) is 12.9. The smallest absolute Gasteiger partial charge is 0.283 e. The molecule has 1 amide bonds. The number of nitrogens with zero attached hydrogens (tertiary/aromatic N) is 2. The van der Waals surface area contributed by atoms with Gasteiger partial charge in [0.2, 0.25) is 0 Å². The molecule has 3 fully saturated rings. The maximum atomic E-state index is 15.3. The average molecular weight is 567 g/mol. The summed E-state index contributed by atoms with van der Waals surface area (Å²) in [6.07, 6.45) is 8.18. The highest BCUT2D eigenvalue weighted by Crippen LogP contribution is 2.60. The molecule has 4 rings (SSSR count). The Morgan fingerprint density at radius 3 is 2.28 bits per heavy atom. The Kier molecular flexibility index (Phi) is 9.02. The summed E-state index contributed by atoms with van der Waals surface area (Å²) in [6, 6.07) is 5.68. The highest BCUT2D eigenvalue weighted by molar-refractivity contribution is 6.34. The lowest BCUT2D eigenvalue weighted by atomic mass is 9.74. The van der Waals surface area contributed by atoms with Crippen LogP contribution < -0.4 is 4.90 Å². The number of amides is 1. The fourth-order valence-corrected chi connectivity index (χ4v) is 7.41. The SMILES string of the molecule is CC(=O)C(O)(C(F)(F)CCC1CCCC(C2CCN(c3ccc(C(=O)N(C)C)c(Cl)c3)CC2)CC1)C1(C)CC1. The largest absolute Gasteiger partial charge is 0.376 e. The van der Waals surface area contributed by atoms with Crippen molar-refractivity contribution in [1.29, 1.82) is 0 Å². The molecule has 3 unspecified atom stereocenters. The summed E-state index contributed by atoms with van der Waals surface area (Å²) >= 11 is 6.44. The van der Waals surface area contributed by atoms with Crippen molar-refractivity contribution in [2.45, 2.75) is 96.0 Å². The number of aliphatic hydroxyl groups is 1. The fourth-order valence-electron chi connectivity index (χ4n) is 7.15. The molecule has 3 aliphatic rings. The number of Topliss-reactive ketones (excluding diaryl/α,β-unsaturated/α-hetero) is 1. The van der Waals surface area contributed by atoms with Crippen LogP contribution in [0.3, 0.4) is 0 Å². The molecule has 1 aliphatic heterocycles. The molecule has 1 aromatic carbocycles. The maximum Gasteiger partial charge on any atom is 0.283 e. The minimum Gasteiger partial charge on any atom is -0.376 e. The predicted octanol–water partition coefficient (Wildman–Crippen LogP) is 6.99. The minimum absolute atomic E-state index is 0.104. The van der Waals surface area contributed by atoms with Crippen molar-refractivity contribution >= 4 is 29.0 Å². The van der Waals surface area contributed by atoms with Gasteiger partial charge in [0.1, 0.15) is 0 Å². The number of alkyl halides is 2. The molecule has 1 aromatic rings. The summed E-state index contributed by atoms with van der Waals surface area (Å²) in [5, 5.41) is 11.3. The zero-order valence-corrected chi connectivity index (χ0v) is 24.7. The summed E-state index contributed by atoms with van der Waals surface area (Å²) in [4.78, 5) is 28.3. The second-order valence-corrected chi connectivity index (χ2v) is 13.3. The number of ketones is 1. The Morgan fingerprint density at radius 1 is 1.08 bits per heavy atom. The van der Waals surface area contributed by atoms with E-state index in [9.17, 15) is 14.7 Å². The summed E-state index contributed by atoms with van der Waals surface area (Å²) < 4.78 is 30.6. The molecule has 2 aliphatic carbocycles. The van der Waals surface area contributed by atoms with E-state index in [-0.39, 0.29) is 11.8 Å². The Bertz CT molecular complexity index is 1050. The van der Waals surface area contributed by atoms with E-state index in [1.54, 1.807) is 21.0 Å². The van der Waals surface area contributed by atoms with E-state index in [1.807, 2.05) is 18.2 Å². The Balaban J connectivity index is 1.27. The third kappa shape index (κ3) is 6.14. The molecule has 0 radical (unpaired) electrons. The van der Waals surface area contributed by atoms with Crippen LogP contribution in [-0.2, 0) is 4.79 Å². The summed E-state index contributed by atoms with van der Waals surface area (Å²) in [6.45, 7) is 4.60. The number of carbonyl (C=O) groups excluding carboxylic acids is 2. The first-order valence-electron chi connectivity index (χ1n) is 14.7. The van der Waals surface area contributed by atoms with Crippen molar-refractivity contribution in [3.8, 4) is 0 Å². The fraction of sp³-hybridized carbons (Fsp3) is 0.742. The van der Waals surface area contributed by atoms with Crippen LogP contribution in [0.4, 0.5) is 14.5 Å². The normalized spacial score (nSPS) is 25.5. The van der Waals surface area contributed by atoms with Crippen molar-refractivity contribution in [2.75, 3.05) is 32.1 Å². The first-order valence-corrected chi connectivity index (χ1v) is 15.0. The van der Waals surface area contributed by atoms with Crippen LogP contribution in [0.5, 0.6) is 0 Å². The maximum absolute atomic E-state index is 15.3. The van der Waals surface area contributed by atoms with Crippen LogP contribution >= 0.6 is 11.6 Å². The molecule has 1 saturated heterocycles. The summed E-state index contributed by atoms with van der Waals surface area (Å²) in [7, 11) is 3.43. The lowest BCUT2D eigenvalue weighted by Gasteiger charge is -2.39. The van der Waals surface area contributed by atoms with Crippen molar-refractivity contribution in [3.63, 3.8) is 0 Å². The first kappa shape index (κ1) is 30.2. The van der Waals surface area contributed by atoms with Crippen molar-refractivity contribution in [2.24, 2.45) is 23.2 Å². The van der Waals surface area contributed by atoms with Gasteiger partial charge in [-0.15, -0.1) is 0 Å². The van der Waals surface area contributed by atoms with Crippen LogP contribution in [-0.4, -0.2) is 60.4 Å². The van der Waals surface area contributed by atoms with E-state index in [0.29, 0.717) is 41.7 Å². The van der Waals surface area contributed by atoms with Crippen LogP contribution in [0, 0.1) is 23.2 Å². The van der Waals surface area contributed by atoms with E-state index in [2.05, 4.69) is 4.90 Å². The van der Waals surface area contributed by atoms with Gasteiger partial charge < -0.3 is 14.9 Å². The van der Waals surface area contributed by atoms with E-state index in [4.69, 9.17) is 11.6 Å². The highest BCUT2D eigenvalue weighted by Gasteiger charge is 2.69. The van der Waals surface area contributed by atoms with E-state index in [1.165, 1.54) is 4.90 Å².